The van der Waals surface area contributed by atoms with Crippen LogP contribution in [0.2, 0.25) is 0 Å². The second kappa shape index (κ2) is 8.58. The van der Waals surface area contributed by atoms with Crippen molar-refractivity contribution >= 4 is 18.4 Å². The molecule has 0 saturated carbocycles. The lowest BCUT2D eigenvalue weighted by Gasteiger charge is -2.30. The minimum Gasteiger partial charge on any atom is -0.481 e. The fraction of sp³-hybridized carbons (Fsp3) is 0.250. The Labute approximate surface area is 154 Å². The lowest BCUT2D eigenvalue weighted by Crippen LogP contribution is -2.35. The molecule has 1 aliphatic heterocycles. The highest BCUT2D eigenvalue weighted by Gasteiger charge is 2.21. The number of carboxylic acid groups (broad SMARTS) is 1. The van der Waals surface area contributed by atoms with Crippen LogP contribution in [-0.2, 0) is 24.3 Å². The van der Waals surface area contributed by atoms with Crippen molar-refractivity contribution in [1.82, 2.24) is 9.80 Å². The van der Waals surface area contributed by atoms with Gasteiger partial charge in [0.05, 0.1) is 12.6 Å². The van der Waals surface area contributed by atoms with Gasteiger partial charge in [-0.3, -0.25) is 4.79 Å². The third-order valence-corrected chi connectivity index (χ3v) is 4.36. The molecule has 25 heavy (non-hydrogen) atoms. The molecule has 0 radical (unpaired) electrons. The van der Waals surface area contributed by atoms with Gasteiger partial charge < -0.3 is 14.9 Å². The smallest absolute Gasteiger partial charge is 0.307 e. The van der Waals surface area contributed by atoms with Crippen LogP contribution in [0.25, 0.3) is 0 Å². The van der Waals surface area contributed by atoms with E-state index >= 15 is 0 Å². The maximum atomic E-state index is 10.7. The van der Waals surface area contributed by atoms with Gasteiger partial charge in [-0.05, 0) is 23.6 Å². The number of hydrogen-bond donors (Lipinski definition) is 1. The molecule has 0 amide bonds. The molecule has 3 rings (SSSR count). The maximum Gasteiger partial charge on any atom is 0.307 e. The van der Waals surface area contributed by atoms with Gasteiger partial charge in [-0.1, -0.05) is 54.6 Å². The number of rotatable bonds is 6. The summed E-state index contributed by atoms with van der Waals surface area (Å²) in [6, 6.07) is 18.3. The summed E-state index contributed by atoms with van der Waals surface area (Å²) in [5.74, 6) is -0.796. The largest absolute Gasteiger partial charge is 0.481 e. The highest BCUT2D eigenvalue weighted by atomic mass is 35.5. The van der Waals surface area contributed by atoms with Crippen molar-refractivity contribution in [1.29, 1.82) is 0 Å². The minimum absolute atomic E-state index is 0. The van der Waals surface area contributed by atoms with Gasteiger partial charge in [-0.25, -0.2) is 0 Å². The number of carbonyl (C=O) groups is 1. The van der Waals surface area contributed by atoms with E-state index in [9.17, 15) is 4.79 Å². The van der Waals surface area contributed by atoms with Gasteiger partial charge in [0.2, 0.25) is 0 Å². The summed E-state index contributed by atoms with van der Waals surface area (Å²) in [6.07, 6.45) is 4.63. The topological polar surface area (TPSA) is 43.8 Å². The third kappa shape index (κ3) is 5.00. The molecule has 0 spiro atoms. The number of carboxylic acids is 1. The van der Waals surface area contributed by atoms with E-state index in [0.29, 0.717) is 6.17 Å². The highest BCUT2D eigenvalue weighted by Crippen LogP contribution is 2.21. The molecule has 0 saturated heterocycles. The average molecular weight is 359 g/mol. The first-order chi connectivity index (χ1) is 11.6. The molecule has 1 aliphatic rings. The molecule has 1 atom stereocenters. The molecule has 1 unspecified atom stereocenters. The van der Waals surface area contributed by atoms with Crippen molar-refractivity contribution in [3.8, 4) is 0 Å². The molecular formula is C20H23ClN2O2. The zero-order valence-electron chi connectivity index (χ0n) is 14.2. The molecule has 132 valence electrons. The van der Waals surface area contributed by atoms with Crippen LogP contribution in [-0.4, -0.2) is 27.0 Å². The quantitative estimate of drug-likeness (QED) is 0.851. The summed E-state index contributed by atoms with van der Waals surface area (Å²) in [7, 11) is 0. The van der Waals surface area contributed by atoms with Gasteiger partial charge in [0.25, 0.3) is 0 Å². The molecule has 4 nitrogen and oxygen atoms in total. The zero-order chi connectivity index (χ0) is 16.9. The fourth-order valence-corrected chi connectivity index (χ4v) is 2.92. The second-order valence-electron chi connectivity index (χ2n) is 6.15. The van der Waals surface area contributed by atoms with E-state index in [4.69, 9.17) is 5.11 Å². The Bertz CT molecular complexity index is 716. The van der Waals surface area contributed by atoms with Gasteiger partial charge in [0, 0.05) is 25.5 Å². The first-order valence-corrected chi connectivity index (χ1v) is 8.15. The van der Waals surface area contributed by atoms with Crippen LogP contribution in [0.15, 0.2) is 67.0 Å². The fourth-order valence-electron chi connectivity index (χ4n) is 2.92. The monoisotopic (exact) mass is 358 g/mol. The SMILES string of the molecule is CC1N(Cc2ccccc2)C=CN1Cc1ccc(CC(=O)O)cc1.Cl. The van der Waals surface area contributed by atoms with Gasteiger partial charge in [-0.2, -0.15) is 0 Å². The van der Waals surface area contributed by atoms with Crippen LogP contribution >= 0.6 is 12.4 Å². The van der Waals surface area contributed by atoms with Crippen LogP contribution in [0.3, 0.4) is 0 Å². The number of halogens is 1. The molecule has 5 heteroatoms. The van der Waals surface area contributed by atoms with E-state index in [1.54, 1.807) is 0 Å². The lowest BCUT2D eigenvalue weighted by molar-refractivity contribution is -0.136. The molecule has 2 aromatic rings. The molecule has 0 aliphatic carbocycles. The summed E-state index contributed by atoms with van der Waals surface area (Å²) in [6.45, 7) is 3.91. The van der Waals surface area contributed by atoms with E-state index in [-0.39, 0.29) is 18.8 Å². The number of hydrogen-bond acceptors (Lipinski definition) is 3. The molecule has 0 bridgehead atoms. The molecule has 1 heterocycles. The molecule has 0 fully saturated rings. The Balaban J connectivity index is 0.00000225. The zero-order valence-corrected chi connectivity index (χ0v) is 15.0. The van der Waals surface area contributed by atoms with Crippen molar-refractivity contribution < 1.29 is 9.90 Å². The maximum absolute atomic E-state index is 10.7. The minimum atomic E-state index is -0.796. The predicted octanol–water partition coefficient (Wildman–Crippen LogP) is 3.87. The van der Waals surface area contributed by atoms with Gasteiger partial charge in [0.15, 0.2) is 0 Å². The molecule has 1 N–H and O–H groups in total. The van der Waals surface area contributed by atoms with Crippen LogP contribution in [0.4, 0.5) is 0 Å². The Hall–Kier alpha value is -2.46. The lowest BCUT2D eigenvalue weighted by atomic mass is 10.1. The predicted molar refractivity (Wildman–Crippen MR) is 101 cm³/mol. The Morgan fingerprint density at radius 1 is 0.880 bits per heavy atom. The van der Waals surface area contributed by atoms with E-state index in [1.807, 2.05) is 30.3 Å². The summed E-state index contributed by atoms with van der Waals surface area (Å²) in [5, 5.41) is 8.83. The first kappa shape index (κ1) is 18.9. The summed E-state index contributed by atoms with van der Waals surface area (Å²) in [5.41, 5.74) is 3.32. The first-order valence-electron chi connectivity index (χ1n) is 8.15. The van der Waals surface area contributed by atoms with Gasteiger partial charge in [-0.15, -0.1) is 12.4 Å². The second-order valence-corrected chi connectivity index (χ2v) is 6.15. The Kier molecular flexibility index (Phi) is 6.48. The summed E-state index contributed by atoms with van der Waals surface area (Å²) >= 11 is 0. The number of nitrogens with zero attached hydrogens (tertiary/aromatic N) is 2. The van der Waals surface area contributed by atoms with Crippen molar-refractivity contribution in [2.24, 2.45) is 0 Å². The van der Waals surface area contributed by atoms with E-state index < -0.39 is 5.97 Å². The normalized spacial score (nSPS) is 16.0. The summed E-state index contributed by atoms with van der Waals surface area (Å²) in [4.78, 5) is 15.3. The Morgan fingerprint density at radius 2 is 1.36 bits per heavy atom. The van der Waals surface area contributed by atoms with Gasteiger partial charge in [0.1, 0.15) is 0 Å². The standard InChI is InChI=1S/C20H22N2O2.ClH/c1-16-21(14-18-5-3-2-4-6-18)11-12-22(16)15-19-9-7-17(8-10-19)13-20(23)24;/h2-12,16H,13-15H2,1H3,(H,23,24);1H. The summed E-state index contributed by atoms with van der Waals surface area (Å²) < 4.78 is 0. The average Bonchev–Trinajstić information content (AvgIpc) is 2.90. The van der Waals surface area contributed by atoms with Crippen LogP contribution in [0.5, 0.6) is 0 Å². The van der Waals surface area contributed by atoms with Crippen LogP contribution in [0, 0.1) is 0 Å². The molecule has 0 aromatic heterocycles. The number of aliphatic carboxylic acids is 1. The van der Waals surface area contributed by atoms with Crippen molar-refractivity contribution in [3.63, 3.8) is 0 Å². The van der Waals surface area contributed by atoms with E-state index in [1.165, 1.54) is 11.1 Å². The van der Waals surface area contributed by atoms with Crippen molar-refractivity contribution in [2.75, 3.05) is 0 Å². The highest BCUT2D eigenvalue weighted by molar-refractivity contribution is 5.85. The number of benzene rings is 2. The molecule has 2 aromatic carbocycles. The van der Waals surface area contributed by atoms with Crippen LogP contribution in [0.1, 0.15) is 23.6 Å². The van der Waals surface area contributed by atoms with E-state index in [2.05, 4.69) is 53.4 Å². The third-order valence-electron chi connectivity index (χ3n) is 4.36. The van der Waals surface area contributed by atoms with Crippen molar-refractivity contribution in [2.45, 2.75) is 32.6 Å². The van der Waals surface area contributed by atoms with Gasteiger partial charge >= 0.3 is 5.97 Å². The van der Waals surface area contributed by atoms with Crippen LogP contribution < -0.4 is 0 Å². The molecular weight excluding hydrogens is 336 g/mol. The van der Waals surface area contributed by atoms with E-state index in [0.717, 1.165) is 18.7 Å². The Morgan fingerprint density at radius 3 is 1.88 bits per heavy atom. The van der Waals surface area contributed by atoms with Crippen molar-refractivity contribution in [3.05, 3.63) is 83.7 Å².